The minimum Gasteiger partial charge on any atom is -0.378 e. The van der Waals surface area contributed by atoms with Crippen molar-refractivity contribution in [2.45, 2.75) is 45.7 Å². The lowest BCUT2D eigenvalue weighted by atomic mass is 9.85. The van der Waals surface area contributed by atoms with E-state index in [-0.39, 0.29) is 16.5 Å². The van der Waals surface area contributed by atoms with Gasteiger partial charge >= 0.3 is 0 Å². The lowest BCUT2D eigenvalue weighted by molar-refractivity contribution is -0.0691. The number of hydrogen-bond acceptors (Lipinski definition) is 8. The maximum Gasteiger partial charge on any atom is 0.280 e. The third-order valence-corrected chi connectivity index (χ3v) is 10.6. The van der Waals surface area contributed by atoms with E-state index in [9.17, 15) is 9.59 Å². The molecule has 50 heavy (non-hydrogen) atoms. The van der Waals surface area contributed by atoms with Crippen molar-refractivity contribution in [2.75, 3.05) is 43.1 Å². The van der Waals surface area contributed by atoms with Crippen molar-refractivity contribution in [2.24, 2.45) is 12.5 Å². The molecule has 0 aromatic carbocycles. The average molecular weight is 671 g/mol. The molecule has 1 N–H and O–H groups in total. The summed E-state index contributed by atoms with van der Waals surface area (Å²) in [4.78, 5) is 41.7. The van der Waals surface area contributed by atoms with Crippen molar-refractivity contribution < 1.29 is 4.74 Å². The predicted octanol–water partition coefficient (Wildman–Crippen LogP) is 3.63. The van der Waals surface area contributed by atoms with Gasteiger partial charge in [-0.25, -0.2) is 9.97 Å². The Morgan fingerprint density at radius 1 is 1.06 bits per heavy atom. The Kier molecular flexibility index (Phi) is 7.83. The van der Waals surface area contributed by atoms with Gasteiger partial charge in [0.25, 0.3) is 11.1 Å². The van der Waals surface area contributed by atoms with E-state index in [4.69, 9.17) is 14.7 Å². The Balaban J connectivity index is 1.09. The molecule has 256 valence electrons. The van der Waals surface area contributed by atoms with E-state index >= 15 is 0 Å². The number of aromatic nitrogens is 5. The Morgan fingerprint density at radius 3 is 2.58 bits per heavy atom. The molecule has 1 aliphatic carbocycles. The van der Waals surface area contributed by atoms with Crippen LogP contribution >= 0.6 is 0 Å². The van der Waals surface area contributed by atoms with Gasteiger partial charge in [0.1, 0.15) is 30.7 Å². The second-order valence-electron chi connectivity index (χ2n) is 15.0. The number of fused-ring (bicyclic) bond motifs is 3. The van der Waals surface area contributed by atoms with E-state index in [1.807, 2.05) is 48.9 Å². The molecule has 5 aromatic rings. The minimum absolute atomic E-state index is 0.131. The SMILES string of the molecule is BC(=C)c1c(-c2cc(Nc3ccc(N4CCN(C5COC5)C[C@@H]4C)cn3)c(=O)n(C)c2)ccnc1-n1ccn2c3c(cc2c1=O)CC(C)(C)C3. The normalized spacial score (nSPS) is 19.0. The second kappa shape index (κ2) is 12.1. The van der Waals surface area contributed by atoms with Crippen molar-refractivity contribution in [3.05, 3.63) is 105 Å². The summed E-state index contributed by atoms with van der Waals surface area (Å²) < 4.78 is 10.6. The second-order valence-corrected chi connectivity index (χ2v) is 15.0. The van der Waals surface area contributed by atoms with E-state index in [1.54, 1.807) is 34.8 Å². The van der Waals surface area contributed by atoms with Gasteiger partial charge < -0.3 is 23.9 Å². The number of nitrogens with one attached hydrogen (secondary N) is 1. The molecule has 2 aliphatic heterocycles. The molecule has 12 heteroatoms. The fourth-order valence-electron chi connectivity index (χ4n) is 7.97. The van der Waals surface area contributed by atoms with Crippen LogP contribution in [0.15, 0.2) is 77.5 Å². The summed E-state index contributed by atoms with van der Waals surface area (Å²) in [7, 11) is 3.65. The number of aryl methyl sites for hydroxylation is 1. The molecule has 5 aromatic heterocycles. The molecule has 2 fully saturated rings. The van der Waals surface area contributed by atoms with Crippen LogP contribution in [0, 0.1) is 5.41 Å². The molecule has 0 spiro atoms. The molecule has 0 amide bonds. The molecule has 8 rings (SSSR count). The molecule has 0 saturated carbocycles. The van der Waals surface area contributed by atoms with Gasteiger partial charge in [-0.3, -0.25) is 19.1 Å². The molecule has 11 nitrogen and oxygen atoms in total. The number of rotatable bonds is 7. The van der Waals surface area contributed by atoms with Gasteiger partial charge in [-0.2, -0.15) is 0 Å². The van der Waals surface area contributed by atoms with Crippen LogP contribution in [0.25, 0.3) is 27.9 Å². The molecular formula is C38H43BN8O3. The van der Waals surface area contributed by atoms with Gasteiger partial charge in [0.05, 0.1) is 31.1 Å². The van der Waals surface area contributed by atoms with Gasteiger partial charge in [-0.1, -0.05) is 19.3 Å². The average Bonchev–Trinajstić information content (AvgIpc) is 3.55. The molecule has 0 bridgehead atoms. The Hall–Kier alpha value is -4.94. The molecule has 1 atom stereocenters. The zero-order valence-corrected chi connectivity index (χ0v) is 29.4. The summed E-state index contributed by atoms with van der Waals surface area (Å²) in [6.45, 7) is 15.6. The summed E-state index contributed by atoms with van der Waals surface area (Å²) in [6, 6.07) is 10.7. The van der Waals surface area contributed by atoms with Crippen LogP contribution in [0.2, 0.25) is 0 Å². The van der Waals surface area contributed by atoms with Crippen molar-refractivity contribution in [1.29, 1.82) is 0 Å². The van der Waals surface area contributed by atoms with E-state index in [0.717, 1.165) is 73.5 Å². The highest BCUT2D eigenvalue weighted by Crippen LogP contribution is 2.38. The molecule has 0 unspecified atom stereocenters. The van der Waals surface area contributed by atoms with E-state index in [0.29, 0.717) is 34.9 Å². The largest absolute Gasteiger partial charge is 0.378 e. The summed E-state index contributed by atoms with van der Waals surface area (Å²) in [6.07, 6.45) is 11.0. The Labute approximate surface area is 292 Å². The van der Waals surface area contributed by atoms with Crippen LogP contribution in [0.3, 0.4) is 0 Å². The highest BCUT2D eigenvalue weighted by Gasteiger charge is 2.33. The Morgan fingerprint density at radius 2 is 1.88 bits per heavy atom. The number of anilines is 3. The fourth-order valence-corrected chi connectivity index (χ4v) is 7.97. The predicted molar refractivity (Wildman–Crippen MR) is 201 cm³/mol. The van der Waals surface area contributed by atoms with Crippen LogP contribution in [0.4, 0.5) is 17.2 Å². The first-order valence-electron chi connectivity index (χ1n) is 17.4. The maximum absolute atomic E-state index is 14.0. The number of ether oxygens (including phenoxy) is 1. The molecule has 3 aliphatic rings. The summed E-state index contributed by atoms with van der Waals surface area (Å²) in [5, 5.41) is 3.27. The first-order valence-corrected chi connectivity index (χ1v) is 17.4. The first kappa shape index (κ1) is 32.3. The minimum atomic E-state index is -0.179. The van der Waals surface area contributed by atoms with Crippen molar-refractivity contribution in [1.82, 2.24) is 28.4 Å². The van der Waals surface area contributed by atoms with E-state index in [1.165, 1.54) is 11.3 Å². The van der Waals surface area contributed by atoms with Crippen LogP contribution in [-0.4, -0.2) is 81.2 Å². The van der Waals surface area contributed by atoms with Gasteiger partial charge in [-0.05, 0) is 66.6 Å². The summed E-state index contributed by atoms with van der Waals surface area (Å²) >= 11 is 0. The smallest absolute Gasteiger partial charge is 0.280 e. The molecule has 0 radical (unpaired) electrons. The number of nitrogens with zero attached hydrogens (tertiary/aromatic N) is 7. The van der Waals surface area contributed by atoms with E-state index < -0.39 is 0 Å². The standard InChI is InChI=1S/C38H43BN8O3/c1-23-19-44(28-21-50-22-28)10-11-45(23)27-6-7-33(41-18-27)42-30-14-26(20-43(5)36(30)48)29-8-9-40-35(34(29)24(2)39)47-13-12-46-31(37(47)49)15-25-16-38(3,4)17-32(25)46/h6-9,12-15,18,20,23,28H,2,10-11,16-17,19,21-22,39H2,1,3-5H3,(H,41,42)/t23-/m0/s1. The summed E-state index contributed by atoms with van der Waals surface area (Å²) in [5.74, 6) is 1.08. The molecule has 2 saturated heterocycles. The number of piperazine rings is 1. The van der Waals surface area contributed by atoms with E-state index in [2.05, 4.69) is 48.5 Å². The monoisotopic (exact) mass is 670 g/mol. The molecular weight excluding hydrogens is 627 g/mol. The van der Waals surface area contributed by atoms with Crippen molar-refractivity contribution in [3.8, 4) is 16.9 Å². The highest BCUT2D eigenvalue weighted by atomic mass is 16.5. The number of pyridine rings is 3. The number of hydrogen-bond donors (Lipinski definition) is 1. The lowest BCUT2D eigenvalue weighted by Crippen LogP contribution is -2.59. The van der Waals surface area contributed by atoms with Gasteiger partial charge in [0, 0.05) is 74.3 Å². The third kappa shape index (κ3) is 5.56. The van der Waals surface area contributed by atoms with Crippen LogP contribution in [-0.2, 0) is 24.6 Å². The van der Waals surface area contributed by atoms with Gasteiger partial charge in [-0.15, -0.1) is 6.58 Å². The van der Waals surface area contributed by atoms with Crippen molar-refractivity contribution >= 4 is 36.0 Å². The van der Waals surface area contributed by atoms with Crippen LogP contribution in [0.1, 0.15) is 37.6 Å². The third-order valence-electron chi connectivity index (χ3n) is 10.6. The maximum atomic E-state index is 14.0. The first-order chi connectivity index (χ1) is 24.0. The van der Waals surface area contributed by atoms with Gasteiger partial charge in [0.15, 0.2) is 0 Å². The molecule has 7 heterocycles. The zero-order valence-electron chi connectivity index (χ0n) is 29.4. The highest BCUT2D eigenvalue weighted by molar-refractivity contribution is 6.43. The van der Waals surface area contributed by atoms with Crippen LogP contribution < -0.4 is 21.3 Å². The van der Waals surface area contributed by atoms with Gasteiger partial charge in [0.2, 0.25) is 0 Å². The lowest BCUT2D eigenvalue weighted by Gasteiger charge is -2.46. The zero-order chi connectivity index (χ0) is 34.9. The van der Waals surface area contributed by atoms with Crippen molar-refractivity contribution in [3.63, 3.8) is 0 Å². The fraction of sp³-hybridized carbons (Fsp3) is 0.368. The van der Waals surface area contributed by atoms with Crippen LogP contribution in [0.5, 0.6) is 0 Å². The topological polar surface area (TPSA) is 102 Å². The quantitative estimate of drug-likeness (QED) is 0.262. The summed E-state index contributed by atoms with van der Waals surface area (Å²) in [5.41, 5.74) is 7.51. The Bertz CT molecular complexity index is 2270.